The Morgan fingerprint density at radius 2 is 1.85 bits per heavy atom. The number of aromatic nitrogens is 2. The van der Waals surface area contributed by atoms with Gasteiger partial charge < -0.3 is 14.8 Å². The number of carbonyl (C=O) groups excluding carboxylic acids is 1. The molecule has 1 aromatic carbocycles. The smallest absolute Gasteiger partial charge is 0.257 e. The van der Waals surface area contributed by atoms with Crippen molar-refractivity contribution in [2.24, 2.45) is 0 Å². The van der Waals surface area contributed by atoms with Gasteiger partial charge in [-0.25, -0.2) is 13.1 Å². The maximum Gasteiger partial charge on any atom is 0.257 e. The summed E-state index contributed by atoms with van der Waals surface area (Å²) in [7, 11) is -0.0377. The van der Waals surface area contributed by atoms with E-state index in [0.29, 0.717) is 35.0 Å². The molecule has 1 aliphatic heterocycles. The van der Waals surface area contributed by atoms with Gasteiger partial charge in [-0.05, 0) is 25.5 Å². The van der Waals surface area contributed by atoms with Crippen LogP contribution in [0.4, 0.5) is 5.82 Å². The minimum Gasteiger partial charge on any atom is -0.497 e. The molecule has 0 unspecified atom stereocenters. The summed E-state index contributed by atoms with van der Waals surface area (Å²) >= 11 is 0. The largest absolute Gasteiger partial charge is 0.497 e. The van der Waals surface area contributed by atoms with Gasteiger partial charge in [-0.15, -0.1) is 0 Å². The number of anilines is 1. The zero-order valence-electron chi connectivity index (χ0n) is 14.9. The molecule has 1 fully saturated rings. The molecule has 0 spiro atoms. The molecule has 26 heavy (non-hydrogen) atoms. The number of hydrogen-bond acceptors (Lipinski definition) is 6. The number of nitrogens with one attached hydrogen (secondary N) is 1. The maximum absolute atomic E-state index is 12.7. The lowest BCUT2D eigenvalue weighted by Crippen LogP contribution is -2.19. The number of benzene rings is 1. The lowest BCUT2D eigenvalue weighted by atomic mass is 10.2. The molecule has 1 atom stereocenters. The van der Waals surface area contributed by atoms with Crippen molar-refractivity contribution in [3.05, 3.63) is 35.5 Å². The summed E-state index contributed by atoms with van der Waals surface area (Å²) in [5.74, 6) is 1.28. The monoisotopic (exact) mass is 379 g/mol. The number of amides is 1. The van der Waals surface area contributed by atoms with Crippen molar-refractivity contribution < 1.29 is 22.7 Å². The highest BCUT2D eigenvalue weighted by Crippen LogP contribution is 2.28. The van der Waals surface area contributed by atoms with Crippen LogP contribution in [0.15, 0.2) is 24.3 Å². The summed E-state index contributed by atoms with van der Waals surface area (Å²) in [4.78, 5) is 12.7. The van der Waals surface area contributed by atoms with E-state index in [-0.39, 0.29) is 23.5 Å². The number of hydrogen-bond donors (Lipinski definition) is 1. The highest BCUT2D eigenvalue weighted by Gasteiger charge is 2.31. The minimum atomic E-state index is -3.06. The number of aryl methyl sites for hydroxylation is 1. The van der Waals surface area contributed by atoms with Gasteiger partial charge in [0.25, 0.3) is 5.91 Å². The fourth-order valence-electron chi connectivity index (χ4n) is 2.98. The molecule has 0 aliphatic carbocycles. The first-order valence-corrected chi connectivity index (χ1v) is 9.94. The number of methoxy groups -OCH3 is 2. The molecule has 1 amide bonds. The van der Waals surface area contributed by atoms with Crippen LogP contribution in [0.1, 0.15) is 28.5 Å². The third-order valence-corrected chi connectivity index (χ3v) is 6.02. The summed E-state index contributed by atoms with van der Waals surface area (Å²) in [6.07, 6.45) is 0.485. The summed E-state index contributed by atoms with van der Waals surface area (Å²) in [6, 6.07) is 6.33. The predicted octanol–water partition coefficient (Wildman–Crippen LogP) is 1.82. The lowest BCUT2D eigenvalue weighted by Gasteiger charge is -2.14. The van der Waals surface area contributed by atoms with E-state index in [0.717, 1.165) is 0 Å². The van der Waals surface area contributed by atoms with Crippen molar-refractivity contribution in [2.75, 3.05) is 31.0 Å². The van der Waals surface area contributed by atoms with E-state index in [4.69, 9.17) is 9.47 Å². The van der Waals surface area contributed by atoms with Crippen LogP contribution in [0.25, 0.3) is 0 Å². The second-order valence-corrected chi connectivity index (χ2v) is 8.46. The average Bonchev–Trinajstić information content (AvgIpc) is 3.15. The maximum atomic E-state index is 12.7. The van der Waals surface area contributed by atoms with Crippen LogP contribution < -0.4 is 14.8 Å². The Labute approximate surface area is 152 Å². The van der Waals surface area contributed by atoms with Crippen LogP contribution in [0, 0.1) is 6.92 Å². The summed E-state index contributed by atoms with van der Waals surface area (Å²) < 4.78 is 35.5. The minimum absolute atomic E-state index is 0.0317. The summed E-state index contributed by atoms with van der Waals surface area (Å²) in [6.45, 7) is 1.80. The van der Waals surface area contributed by atoms with E-state index in [1.165, 1.54) is 14.2 Å². The van der Waals surface area contributed by atoms with Gasteiger partial charge >= 0.3 is 0 Å². The van der Waals surface area contributed by atoms with Gasteiger partial charge in [-0.3, -0.25) is 4.79 Å². The first-order chi connectivity index (χ1) is 12.3. The normalized spacial score (nSPS) is 18.5. The van der Waals surface area contributed by atoms with E-state index in [1.807, 2.05) is 0 Å². The second kappa shape index (κ2) is 6.99. The van der Waals surface area contributed by atoms with Crippen LogP contribution in [0.2, 0.25) is 0 Å². The van der Waals surface area contributed by atoms with Gasteiger partial charge in [0.15, 0.2) is 9.84 Å². The third-order valence-electron chi connectivity index (χ3n) is 4.27. The van der Waals surface area contributed by atoms with Crippen LogP contribution in [-0.4, -0.2) is 49.8 Å². The van der Waals surface area contributed by atoms with E-state index < -0.39 is 9.84 Å². The van der Waals surface area contributed by atoms with Crippen molar-refractivity contribution >= 4 is 21.6 Å². The molecule has 1 aliphatic rings. The quantitative estimate of drug-likeness (QED) is 0.851. The predicted molar refractivity (Wildman–Crippen MR) is 96.8 cm³/mol. The molecule has 1 saturated heterocycles. The Hall–Kier alpha value is -2.55. The highest BCUT2D eigenvalue weighted by atomic mass is 32.2. The molecule has 0 radical (unpaired) electrons. The Balaban J connectivity index is 1.87. The molecule has 0 bridgehead atoms. The Morgan fingerprint density at radius 1 is 1.19 bits per heavy atom. The first-order valence-electron chi connectivity index (χ1n) is 8.12. The van der Waals surface area contributed by atoms with E-state index in [1.54, 1.807) is 35.9 Å². The third kappa shape index (κ3) is 3.82. The van der Waals surface area contributed by atoms with E-state index in [9.17, 15) is 13.2 Å². The molecule has 1 aromatic heterocycles. The standard InChI is InChI=1S/C17H21N3O5S/c1-11-6-16(20(19-11)13-4-5-26(22,23)10-13)18-17(21)12-7-14(24-2)9-15(8-12)25-3/h6-9,13H,4-5,10H2,1-3H3,(H,18,21)/t13-/m1/s1. The van der Waals surface area contributed by atoms with Crippen molar-refractivity contribution in [2.45, 2.75) is 19.4 Å². The van der Waals surface area contributed by atoms with Crippen LogP contribution in [0.5, 0.6) is 11.5 Å². The number of sulfone groups is 1. The van der Waals surface area contributed by atoms with E-state index >= 15 is 0 Å². The molecule has 9 heteroatoms. The lowest BCUT2D eigenvalue weighted by molar-refractivity contribution is 0.102. The average molecular weight is 379 g/mol. The SMILES string of the molecule is COc1cc(OC)cc(C(=O)Nc2cc(C)nn2[C@@H]2CCS(=O)(=O)C2)c1. The summed E-state index contributed by atoms with van der Waals surface area (Å²) in [5, 5.41) is 7.17. The molecule has 8 nitrogen and oxygen atoms in total. The molecular formula is C17H21N3O5S. The molecule has 2 aromatic rings. The number of ether oxygens (including phenoxy) is 2. The topological polar surface area (TPSA) is 99.5 Å². The highest BCUT2D eigenvalue weighted by molar-refractivity contribution is 7.91. The zero-order chi connectivity index (χ0) is 18.9. The van der Waals surface area contributed by atoms with Crippen molar-refractivity contribution in [3.63, 3.8) is 0 Å². The Bertz CT molecular complexity index is 914. The van der Waals surface area contributed by atoms with Gasteiger partial charge in [0.05, 0.1) is 37.5 Å². The molecule has 140 valence electrons. The fraction of sp³-hybridized carbons (Fsp3) is 0.412. The second-order valence-electron chi connectivity index (χ2n) is 6.23. The van der Waals surface area contributed by atoms with Gasteiger partial charge in [0.1, 0.15) is 17.3 Å². The van der Waals surface area contributed by atoms with Crippen LogP contribution in [0.3, 0.4) is 0 Å². The Kier molecular flexibility index (Phi) is 4.90. The van der Waals surface area contributed by atoms with Gasteiger partial charge in [-0.2, -0.15) is 5.10 Å². The molecule has 2 heterocycles. The van der Waals surface area contributed by atoms with Gasteiger partial charge in [0.2, 0.25) is 0 Å². The number of carbonyl (C=O) groups is 1. The van der Waals surface area contributed by atoms with E-state index in [2.05, 4.69) is 10.4 Å². The Morgan fingerprint density at radius 3 is 2.38 bits per heavy atom. The first kappa shape index (κ1) is 18.2. The van der Waals surface area contributed by atoms with Crippen LogP contribution >= 0.6 is 0 Å². The van der Waals surface area contributed by atoms with Crippen LogP contribution in [-0.2, 0) is 9.84 Å². The number of rotatable bonds is 5. The van der Waals surface area contributed by atoms with Crippen molar-refractivity contribution in [1.29, 1.82) is 0 Å². The molecule has 3 rings (SSSR count). The zero-order valence-corrected chi connectivity index (χ0v) is 15.7. The van der Waals surface area contributed by atoms with Crippen molar-refractivity contribution in [1.82, 2.24) is 9.78 Å². The van der Waals surface area contributed by atoms with Gasteiger partial charge in [-0.1, -0.05) is 0 Å². The summed E-state index contributed by atoms with van der Waals surface area (Å²) in [5.41, 5.74) is 1.07. The molecule has 1 N–H and O–H groups in total. The molecule has 0 saturated carbocycles. The van der Waals surface area contributed by atoms with Crippen molar-refractivity contribution in [3.8, 4) is 11.5 Å². The number of nitrogens with zero attached hydrogens (tertiary/aromatic N) is 2. The van der Waals surface area contributed by atoms with Gasteiger partial charge in [0, 0.05) is 17.7 Å². The molecular weight excluding hydrogens is 358 g/mol. The fourth-order valence-corrected chi connectivity index (χ4v) is 4.68.